The van der Waals surface area contributed by atoms with Crippen LogP contribution in [0.2, 0.25) is 0 Å². The minimum absolute atomic E-state index is 0.130. The third-order valence-corrected chi connectivity index (χ3v) is 30.8. The zero-order valence-corrected chi connectivity index (χ0v) is 62.8. The van der Waals surface area contributed by atoms with Crippen LogP contribution in [0, 0.1) is 92.7 Å². The highest BCUT2D eigenvalue weighted by atomic mass is 16.1. The van der Waals surface area contributed by atoms with Crippen molar-refractivity contribution in [2.24, 2.45) is 92.7 Å². The van der Waals surface area contributed by atoms with Gasteiger partial charge in [-0.05, 0) is 238 Å². The maximum absolute atomic E-state index is 14.0. The molecule has 10 fully saturated rings. The number of unbranched alkanes of at least 4 members (excludes halogenated alkanes) is 26. The quantitative estimate of drug-likeness (QED) is 0.0578. The summed E-state index contributed by atoms with van der Waals surface area (Å²) in [4.78, 5) is 28.0. The van der Waals surface area contributed by atoms with Crippen molar-refractivity contribution in [3.05, 3.63) is 0 Å². The normalized spacial score (nSPS) is 36.7. The molecule has 2 heteroatoms. The van der Waals surface area contributed by atoms with Crippen molar-refractivity contribution in [2.45, 2.75) is 464 Å². The average molecular weight is 1270 g/mol. The molecule has 0 aromatic rings. The third kappa shape index (κ3) is 22.2. The second-order valence-electron chi connectivity index (χ2n) is 37.0. The molecule has 0 bridgehead atoms. The van der Waals surface area contributed by atoms with Gasteiger partial charge in [-0.15, -0.1) is 0 Å². The highest BCUT2D eigenvalue weighted by molar-refractivity contribution is 5.97. The van der Waals surface area contributed by atoms with Gasteiger partial charge in [-0.1, -0.05) is 297 Å². The van der Waals surface area contributed by atoms with Gasteiger partial charge in [0.2, 0.25) is 0 Å². The van der Waals surface area contributed by atoms with Crippen LogP contribution in [0.3, 0.4) is 0 Å². The zero-order chi connectivity index (χ0) is 64.2. The minimum Gasteiger partial charge on any atom is -0.298 e. The van der Waals surface area contributed by atoms with Crippen molar-refractivity contribution < 1.29 is 9.59 Å². The van der Waals surface area contributed by atoms with Crippen LogP contribution in [0.4, 0.5) is 0 Å². The van der Waals surface area contributed by atoms with Gasteiger partial charge in [0, 0.05) is 21.7 Å². The molecule has 0 unspecified atom stereocenters. The lowest BCUT2D eigenvalue weighted by molar-refractivity contribution is -0.170. The van der Waals surface area contributed by atoms with Crippen LogP contribution in [0.5, 0.6) is 0 Å². The Kier molecular flexibility index (Phi) is 33.3. The van der Waals surface area contributed by atoms with Crippen molar-refractivity contribution in [3.63, 3.8) is 0 Å². The summed E-state index contributed by atoms with van der Waals surface area (Å²) >= 11 is 0. The Morgan fingerprint density at radius 3 is 0.522 bits per heavy atom. The highest BCUT2D eigenvalue weighted by Crippen LogP contribution is 2.67. The fraction of sp³-hybridized carbons (Fsp3) is 0.978. The molecule has 0 aromatic heterocycles. The fourth-order valence-electron chi connectivity index (χ4n) is 24.5. The molecular formula is C90H160O2. The molecule has 10 rings (SSSR count). The van der Waals surface area contributed by atoms with Crippen LogP contribution in [0.25, 0.3) is 0 Å². The molecule has 0 heterocycles. The Morgan fingerprint density at radius 2 is 0.359 bits per heavy atom. The minimum atomic E-state index is 0.130. The summed E-state index contributed by atoms with van der Waals surface area (Å²) < 4.78 is 0. The van der Waals surface area contributed by atoms with Crippen LogP contribution in [0.1, 0.15) is 464 Å². The smallest absolute Gasteiger partial charge is 0.145 e. The number of ketones is 2. The molecule has 0 saturated heterocycles. The van der Waals surface area contributed by atoms with E-state index >= 15 is 0 Å². The number of Topliss-reactive ketones (excluding diaryl/α,β-unsaturated/α-hetero) is 2. The predicted octanol–water partition coefficient (Wildman–Crippen LogP) is 29.2. The Hall–Kier alpha value is -0.660. The fourth-order valence-corrected chi connectivity index (χ4v) is 24.5. The maximum Gasteiger partial charge on any atom is 0.145 e. The summed E-state index contributed by atoms with van der Waals surface area (Å²) in [7, 11) is 0. The largest absolute Gasteiger partial charge is 0.298 e. The lowest BCUT2D eigenvalue weighted by Gasteiger charge is -2.60. The molecule has 0 atom stereocenters. The van der Waals surface area contributed by atoms with Crippen molar-refractivity contribution in [1.82, 2.24) is 0 Å². The SMILES string of the molecule is CCCCCCCCCC1CCC(C2CCC3(CC2)CC2(CCC(C4CCC(CCCCCCCCC)CC4)CC2)C3=O)CC1.CCCCCCCCCCC1CCC(C2CCC3(CC2)CC2(CCC(C4CCC(CCCCCCCCCC)CC4)CC2)C3=O)CC1. The first-order valence-electron chi connectivity index (χ1n) is 44.2. The molecule has 0 aromatic carbocycles. The maximum atomic E-state index is 14.0. The molecule has 10 aliphatic rings. The van der Waals surface area contributed by atoms with E-state index in [2.05, 4.69) is 27.7 Å². The highest BCUT2D eigenvalue weighted by Gasteiger charge is 2.65. The summed E-state index contributed by atoms with van der Waals surface area (Å²) in [5.41, 5.74) is 0.521. The van der Waals surface area contributed by atoms with Crippen LogP contribution in [-0.2, 0) is 9.59 Å². The lowest BCUT2D eigenvalue weighted by Crippen LogP contribution is -2.60. The van der Waals surface area contributed by atoms with Gasteiger partial charge >= 0.3 is 0 Å². The van der Waals surface area contributed by atoms with E-state index in [0.29, 0.717) is 0 Å². The van der Waals surface area contributed by atoms with Gasteiger partial charge in [-0.3, -0.25) is 9.59 Å². The summed E-state index contributed by atoms with van der Waals surface area (Å²) in [6.07, 6.45) is 97.2. The Balaban J connectivity index is 0.000000218. The Morgan fingerprint density at radius 1 is 0.207 bits per heavy atom. The van der Waals surface area contributed by atoms with Crippen LogP contribution >= 0.6 is 0 Å². The second kappa shape index (κ2) is 40.6. The molecule has 0 N–H and O–H groups in total. The van der Waals surface area contributed by atoms with Gasteiger partial charge < -0.3 is 0 Å². The van der Waals surface area contributed by atoms with Crippen molar-refractivity contribution in [2.75, 3.05) is 0 Å². The van der Waals surface area contributed by atoms with Crippen molar-refractivity contribution in [3.8, 4) is 0 Å². The monoisotopic (exact) mass is 1270 g/mol. The van der Waals surface area contributed by atoms with E-state index < -0.39 is 0 Å². The van der Waals surface area contributed by atoms with Gasteiger partial charge in [0.25, 0.3) is 0 Å². The van der Waals surface area contributed by atoms with Gasteiger partial charge in [-0.25, -0.2) is 0 Å². The standard InChI is InChI=1S/C46H82O.C44H78O/c1-3-5-7-9-11-13-15-17-19-38-21-25-40(26-22-38)42-29-33-45(34-30-42)37-46(44(45)47)35-31-43(32-36-46)41-27-23-39(24-28-41)20-18-16-14-12-10-8-6-4-2;1-3-5-7-9-11-13-15-17-36-19-23-38(24-20-36)40-27-31-43(32-28-40)35-44(42(43)45)33-29-41(30-34-44)39-25-21-37(22-26-39)18-16-14-12-10-8-6-4-2/h38-43H,3-37H2,1-2H3;36-41H,3-35H2,1-2H3. The summed E-state index contributed by atoms with van der Waals surface area (Å²) in [6, 6.07) is 0. The Labute approximate surface area is 574 Å². The molecule has 92 heavy (non-hydrogen) atoms. The Bertz CT molecular complexity index is 1800. The number of carbonyl (C=O) groups excluding carboxylic acids is 2. The number of carbonyl (C=O) groups is 2. The summed E-state index contributed by atoms with van der Waals surface area (Å²) in [5, 5.41) is 0. The van der Waals surface area contributed by atoms with E-state index in [9.17, 15) is 9.59 Å². The van der Waals surface area contributed by atoms with E-state index in [1.165, 1.54) is 437 Å². The van der Waals surface area contributed by atoms with Crippen LogP contribution in [-0.4, -0.2) is 11.6 Å². The molecule has 0 amide bonds. The summed E-state index contributed by atoms with van der Waals surface area (Å²) in [5.74, 6) is 13.3. The van der Waals surface area contributed by atoms with E-state index in [4.69, 9.17) is 0 Å². The first-order valence-corrected chi connectivity index (χ1v) is 44.2. The lowest BCUT2D eigenvalue weighted by atomic mass is 9.42. The predicted molar refractivity (Wildman–Crippen MR) is 398 cm³/mol. The molecule has 0 radical (unpaired) electrons. The van der Waals surface area contributed by atoms with Gasteiger partial charge in [0.05, 0.1) is 0 Å². The van der Waals surface area contributed by atoms with Crippen LogP contribution in [0.15, 0.2) is 0 Å². The molecule has 0 aliphatic heterocycles. The summed E-state index contributed by atoms with van der Waals surface area (Å²) in [6.45, 7) is 9.27. The average Bonchev–Trinajstić information content (AvgIpc) is 0.718. The number of hydrogen-bond donors (Lipinski definition) is 0. The van der Waals surface area contributed by atoms with Crippen molar-refractivity contribution in [1.29, 1.82) is 0 Å². The van der Waals surface area contributed by atoms with Gasteiger partial charge in [-0.2, -0.15) is 0 Å². The van der Waals surface area contributed by atoms with Crippen molar-refractivity contribution >= 4 is 11.6 Å². The zero-order valence-electron chi connectivity index (χ0n) is 62.8. The third-order valence-electron chi connectivity index (χ3n) is 30.8. The number of hydrogen-bond acceptors (Lipinski definition) is 2. The van der Waals surface area contributed by atoms with E-state index in [-0.39, 0.29) is 21.7 Å². The first-order chi connectivity index (χ1) is 45.1. The first kappa shape index (κ1) is 75.5. The molecule has 532 valence electrons. The van der Waals surface area contributed by atoms with Gasteiger partial charge in [0.15, 0.2) is 0 Å². The van der Waals surface area contributed by atoms with Crippen LogP contribution < -0.4 is 0 Å². The van der Waals surface area contributed by atoms with Gasteiger partial charge in [0.1, 0.15) is 11.6 Å². The van der Waals surface area contributed by atoms with E-state index in [1.807, 2.05) is 0 Å². The topological polar surface area (TPSA) is 34.1 Å². The van der Waals surface area contributed by atoms with E-state index in [0.717, 1.165) is 82.6 Å². The number of rotatable bonds is 38. The van der Waals surface area contributed by atoms with E-state index in [1.54, 1.807) is 0 Å². The molecule has 2 nitrogen and oxygen atoms in total. The molecular weight excluding hydrogens is 1110 g/mol. The molecule has 10 aliphatic carbocycles. The molecule has 10 saturated carbocycles. The molecule has 4 spiro atoms. The second-order valence-corrected chi connectivity index (χ2v) is 37.0.